The lowest BCUT2D eigenvalue weighted by atomic mass is 10.2. The van der Waals surface area contributed by atoms with Crippen molar-refractivity contribution in [2.45, 2.75) is 0 Å². The Hall–Kier alpha value is -1.62. The zero-order valence-electron chi connectivity index (χ0n) is 8.42. The van der Waals surface area contributed by atoms with E-state index in [4.69, 9.17) is 11.6 Å². The number of carbonyl (C=O) groups excluding carboxylic acids is 2. The molecule has 0 saturated heterocycles. The van der Waals surface area contributed by atoms with Gasteiger partial charge in [-0.1, -0.05) is 11.6 Å². The van der Waals surface area contributed by atoms with E-state index in [1.807, 2.05) is 0 Å². The highest BCUT2D eigenvalue weighted by Gasteiger charge is 2.13. The first-order valence-electron chi connectivity index (χ1n) is 4.37. The zero-order chi connectivity index (χ0) is 12.1. The third kappa shape index (κ3) is 3.20. The minimum absolute atomic E-state index is 0.0203. The number of hydrogen-bond donors (Lipinski definition) is 1. The van der Waals surface area contributed by atoms with Gasteiger partial charge in [-0.15, -0.1) is 0 Å². The maximum Gasteiger partial charge on any atom is 0.340 e. The Morgan fingerprint density at radius 2 is 2.19 bits per heavy atom. The van der Waals surface area contributed by atoms with Crippen LogP contribution in [-0.2, 0) is 9.53 Å². The number of benzene rings is 1. The first-order valence-corrected chi connectivity index (χ1v) is 4.75. The van der Waals surface area contributed by atoms with Crippen LogP contribution in [-0.4, -0.2) is 25.5 Å². The van der Waals surface area contributed by atoms with E-state index in [1.165, 1.54) is 13.1 Å². The van der Waals surface area contributed by atoms with Crippen LogP contribution in [0.3, 0.4) is 0 Å². The first kappa shape index (κ1) is 12.4. The molecule has 0 aliphatic rings. The van der Waals surface area contributed by atoms with Gasteiger partial charge in [-0.25, -0.2) is 9.18 Å². The van der Waals surface area contributed by atoms with E-state index < -0.39 is 24.3 Å². The molecular weight excluding hydrogens is 237 g/mol. The zero-order valence-corrected chi connectivity index (χ0v) is 9.18. The molecule has 0 radical (unpaired) electrons. The van der Waals surface area contributed by atoms with Crippen LogP contribution in [0.2, 0.25) is 5.02 Å². The topological polar surface area (TPSA) is 55.4 Å². The molecule has 1 N–H and O–H groups in total. The highest BCUT2D eigenvalue weighted by Crippen LogP contribution is 2.17. The lowest BCUT2D eigenvalue weighted by Crippen LogP contribution is -2.25. The van der Waals surface area contributed by atoms with Gasteiger partial charge in [-0.3, -0.25) is 4.79 Å². The molecule has 1 rings (SSSR count). The van der Waals surface area contributed by atoms with E-state index in [9.17, 15) is 14.0 Å². The molecule has 0 heterocycles. The van der Waals surface area contributed by atoms with Crippen molar-refractivity contribution in [2.75, 3.05) is 13.7 Å². The Morgan fingerprint density at radius 1 is 1.50 bits per heavy atom. The van der Waals surface area contributed by atoms with Gasteiger partial charge in [-0.05, 0) is 18.2 Å². The van der Waals surface area contributed by atoms with E-state index in [1.54, 1.807) is 0 Å². The second-order valence-corrected chi connectivity index (χ2v) is 3.28. The minimum Gasteiger partial charge on any atom is -0.452 e. The highest BCUT2D eigenvalue weighted by molar-refractivity contribution is 6.33. The molecule has 0 aliphatic carbocycles. The summed E-state index contributed by atoms with van der Waals surface area (Å²) in [5.74, 6) is -1.76. The Balaban J connectivity index is 2.70. The maximum atomic E-state index is 12.7. The third-order valence-electron chi connectivity index (χ3n) is 1.76. The molecule has 4 nitrogen and oxygen atoms in total. The van der Waals surface area contributed by atoms with Crippen LogP contribution in [0.4, 0.5) is 4.39 Å². The van der Waals surface area contributed by atoms with Gasteiger partial charge in [0.25, 0.3) is 5.91 Å². The van der Waals surface area contributed by atoms with Crippen LogP contribution in [0, 0.1) is 5.82 Å². The summed E-state index contributed by atoms with van der Waals surface area (Å²) < 4.78 is 17.3. The quantitative estimate of drug-likeness (QED) is 0.819. The molecule has 0 fully saturated rings. The summed E-state index contributed by atoms with van der Waals surface area (Å²) in [5.41, 5.74) is 0.0203. The molecule has 0 aliphatic heterocycles. The number of ether oxygens (including phenoxy) is 1. The molecule has 0 spiro atoms. The smallest absolute Gasteiger partial charge is 0.340 e. The molecule has 1 amide bonds. The molecule has 0 bridgehead atoms. The number of likely N-dealkylation sites (N-methyl/N-ethyl adjacent to an activating group) is 1. The lowest BCUT2D eigenvalue weighted by molar-refractivity contribution is -0.123. The summed E-state index contributed by atoms with van der Waals surface area (Å²) >= 11 is 5.63. The fourth-order valence-corrected chi connectivity index (χ4v) is 1.18. The van der Waals surface area contributed by atoms with Crippen LogP contribution < -0.4 is 5.32 Å². The molecule has 1 aromatic carbocycles. The van der Waals surface area contributed by atoms with E-state index in [2.05, 4.69) is 10.1 Å². The van der Waals surface area contributed by atoms with Crippen molar-refractivity contribution in [3.8, 4) is 0 Å². The molecular formula is C10H9ClFNO3. The number of halogens is 2. The summed E-state index contributed by atoms with van der Waals surface area (Å²) in [7, 11) is 1.42. The Labute approximate surface area is 96.3 Å². The molecule has 0 aromatic heterocycles. The van der Waals surface area contributed by atoms with Crippen molar-refractivity contribution in [3.05, 3.63) is 34.6 Å². The van der Waals surface area contributed by atoms with Crippen molar-refractivity contribution in [1.82, 2.24) is 5.32 Å². The van der Waals surface area contributed by atoms with Gasteiger partial charge in [0.05, 0.1) is 10.6 Å². The normalized spacial score (nSPS) is 9.69. The van der Waals surface area contributed by atoms with Gasteiger partial charge in [0, 0.05) is 7.05 Å². The van der Waals surface area contributed by atoms with Gasteiger partial charge in [-0.2, -0.15) is 0 Å². The van der Waals surface area contributed by atoms with E-state index in [0.29, 0.717) is 0 Å². The summed E-state index contributed by atoms with van der Waals surface area (Å²) in [6, 6.07) is 3.28. The van der Waals surface area contributed by atoms with Gasteiger partial charge >= 0.3 is 5.97 Å². The van der Waals surface area contributed by atoms with E-state index in [0.717, 1.165) is 12.1 Å². The Bertz CT molecular complexity index is 423. The van der Waals surface area contributed by atoms with Crippen LogP contribution in [0.25, 0.3) is 0 Å². The van der Waals surface area contributed by atoms with Crippen LogP contribution in [0.15, 0.2) is 18.2 Å². The molecule has 16 heavy (non-hydrogen) atoms. The number of nitrogens with one attached hydrogen (secondary N) is 1. The van der Waals surface area contributed by atoms with Crippen molar-refractivity contribution in [2.24, 2.45) is 0 Å². The highest BCUT2D eigenvalue weighted by atomic mass is 35.5. The molecule has 0 atom stereocenters. The molecule has 86 valence electrons. The monoisotopic (exact) mass is 245 g/mol. The van der Waals surface area contributed by atoms with Crippen molar-refractivity contribution < 1.29 is 18.7 Å². The summed E-state index contributed by atoms with van der Waals surface area (Å²) in [6.07, 6.45) is 0. The summed E-state index contributed by atoms with van der Waals surface area (Å²) in [5, 5.41) is 2.23. The predicted molar refractivity (Wildman–Crippen MR) is 55.8 cm³/mol. The Kier molecular flexibility index (Phi) is 4.25. The number of hydrogen-bond acceptors (Lipinski definition) is 3. The molecule has 6 heteroatoms. The third-order valence-corrected chi connectivity index (χ3v) is 2.08. The van der Waals surface area contributed by atoms with E-state index in [-0.39, 0.29) is 10.6 Å². The Morgan fingerprint density at radius 3 is 2.75 bits per heavy atom. The second kappa shape index (κ2) is 5.46. The van der Waals surface area contributed by atoms with Crippen molar-refractivity contribution >= 4 is 23.5 Å². The van der Waals surface area contributed by atoms with Crippen LogP contribution in [0.5, 0.6) is 0 Å². The fraction of sp³-hybridized carbons (Fsp3) is 0.200. The average molecular weight is 246 g/mol. The molecule has 0 saturated carbocycles. The minimum atomic E-state index is -0.770. The summed E-state index contributed by atoms with van der Waals surface area (Å²) in [4.78, 5) is 22.2. The average Bonchev–Trinajstić information content (AvgIpc) is 2.25. The fourth-order valence-electron chi connectivity index (χ4n) is 0.936. The number of amides is 1. The van der Waals surface area contributed by atoms with Crippen LogP contribution in [0.1, 0.15) is 10.4 Å². The second-order valence-electron chi connectivity index (χ2n) is 2.87. The van der Waals surface area contributed by atoms with Gasteiger partial charge in [0.2, 0.25) is 0 Å². The summed E-state index contributed by atoms with van der Waals surface area (Å²) in [6.45, 7) is -0.400. The number of esters is 1. The first-order chi connectivity index (χ1) is 7.54. The number of carbonyl (C=O) groups is 2. The largest absolute Gasteiger partial charge is 0.452 e. The number of rotatable bonds is 3. The molecule has 1 aromatic rings. The lowest BCUT2D eigenvalue weighted by Gasteiger charge is -2.05. The van der Waals surface area contributed by atoms with Crippen molar-refractivity contribution in [1.29, 1.82) is 0 Å². The predicted octanol–water partition coefficient (Wildman–Crippen LogP) is 1.38. The SMILES string of the molecule is CNC(=O)COC(=O)c1ccc(F)cc1Cl. The van der Waals surface area contributed by atoms with Gasteiger partial charge < -0.3 is 10.1 Å². The van der Waals surface area contributed by atoms with Gasteiger partial charge in [0.15, 0.2) is 6.61 Å². The van der Waals surface area contributed by atoms with E-state index >= 15 is 0 Å². The maximum absolute atomic E-state index is 12.7. The van der Waals surface area contributed by atoms with Crippen LogP contribution >= 0.6 is 11.6 Å². The molecule has 0 unspecified atom stereocenters. The van der Waals surface area contributed by atoms with Crippen molar-refractivity contribution in [3.63, 3.8) is 0 Å². The standard InChI is InChI=1S/C10H9ClFNO3/c1-13-9(14)5-16-10(15)7-3-2-6(12)4-8(7)11/h2-4H,5H2,1H3,(H,13,14). The van der Waals surface area contributed by atoms with Gasteiger partial charge in [0.1, 0.15) is 5.82 Å².